The molecule has 0 bridgehead atoms. The lowest BCUT2D eigenvalue weighted by molar-refractivity contribution is 0.102. The van der Waals surface area contributed by atoms with E-state index in [-0.39, 0.29) is 5.91 Å². The Labute approximate surface area is 193 Å². The number of aryl methyl sites for hydroxylation is 2. The summed E-state index contributed by atoms with van der Waals surface area (Å²) >= 11 is 7.27. The number of rotatable bonds is 4. The molecular weight excluding hydrogens is 502 g/mol. The van der Waals surface area contributed by atoms with Crippen molar-refractivity contribution in [1.82, 2.24) is 0 Å². The molecule has 30 heavy (non-hydrogen) atoms. The van der Waals surface area contributed by atoms with E-state index in [1.54, 1.807) is 0 Å². The summed E-state index contributed by atoms with van der Waals surface area (Å²) in [7, 11) is 0. The van der Waals surface area contributed by atoms with Crippen LogP contribution in [0.25, 0.3) is 10.8 Å². The molecule has 1 amide bonds. The summed E-state index contributed by atoms with van der Waals surface area (Å²) in [6.45, 7) is 4.01. The fourth-order valence-electron chi connectivity index (χ4n) is 3.64. The van der Waals surface area contributed by atoms with E-state index in [9.17, 15) is 4.79 Å². The highest BCUT2D eigenvalue weighted by molar-refractivity contribution is 9.11. The highest BCUT2D eigenvalue weighted by Gasteiger charge is 2.10. The lowest BCUT2D eigenvalue weighted by Gasteiger charge is -2.12. The summed E-state index contributed by atoms with van der Waals surface area (Å²) in [4.78, 5) is 12.7. The van der Waals surface area contributed by atoms with Crippen LogP contribution < -0.4 is 5.32 Å². The van der Waals surface area contributed by atoms with E-state index < -0.39 is 0 Å². The molecule has 4 aromatic carbocycles. The highest BCUT2D eigenvalue weighted by Crippen LogP contribution is 2.31. The summed E-state index contributed by atoms with van der Waals surface area (Å²) < 4.78 is 2.17. The number of hydrogen-bond acceptors (Lipinski definition) is 1. The number of carbonyl (C=O) groups is 1. The molecule has 0 saturated heterocycles. The van der Waals surface area contributed by atoms with Crippen molar-refractivity contribution >= 4 is 54.2 Å². The van der Waals surface area contributed by atoms with E-state index in [4.69, 9.17) is 0 Å². The first kappa shape index (κ1) is 20.8. The van der Waals surface area contributed by atoms with Gasteiger partial charge in [0.15, 0.2) is 0 Å². The number of halogens is 2. The monoisotopic (exact) mass is 521 g/mol. The van der Waals surface area contributed by atoms with Crippen LogP contribution in [0.1, 0.15) is 32.6 Å². The number of benzene rings is 4. The molecule has 0 heterocycles. The molecule has 0 unspecified atom stereocenters. The van der Waals surface area contributed by atoms with Crippen molar-refractivity contribution in [2.45, 2.75) is 20.3 Å². The van der Waals surface area contributed by atoms with Crippen LogP contribution in [0, 0.1) is 13.8 Å². The maximum Gasteiger partial charge on any atom is 0.255 e. The van der Waals surface area contributed by atoms with Crippen molar-refractivity contribution in [3.8, 4) is 0 Å². The van der Waals surface area contributed by atoms with Crippen LogP contribution in [-0.2, 0) is 6.42 Å². The molecule has 150 valence electrons. The van der Waals surface area contributed by atoms with E-state index in [1.807, 2.05) is 62.4 Å². The molecule has 0 aliphatic rings. The van der Waals surface area contributed by atoms with Crippen molar-refractivity contribution in [2.24, 2.45) is 0 Å². The Balaban J connectivity index is 1.52. The van der Waals surface area contributed by atoms with Crippen LogP contribution in [-0.4, -0.2) is 5.91 Å². The predicted molar refractivity (Wildman–Crippen MR) is 132 cm³/mol. The highest BCUT2D eigenvalue weighted by atomic mass is 79.9. The maximum absolute atomic E-state index is 12.7. The smallest absolute Gasteiger partial charge is 0.255 e. The molecule has 2 nitrogen and oxygen atoms in total. The van der Waals surface area contributed by atoms with Crippen LogP contribution in [0.5, 0.6) is 0 Å². The van der Waals surface area contributed by atoms with E-state index in [1.165, 1.54) is 21.9 Å². The van der Waals surface area contributed by atoms with Gasteiger partial charge in [-0.25, -0.2) is 0 Å². The van der Waals surface area contributed by atoms with Crippen molar-refractivity contribution in [1.29, 1.82) is 0 Å². The zero-order chi connectivity index (χ0) is 21.3. The Morgan fingerprint density at radius 1 is 0.767 bits per heavy atom. The van der Waals surface area contributed by atoms with Gasteiger partial charge in [0.05, 0.1) is 0 Å². The first-order valence-electron chi connectivity index (χ1n) is 9.75. The largest absolute Gasteiger partial charge is 0.322 e. The number of nitrogens with one attached hydrogen (secondary N) is 1. The third kappa shape index (κ3) is 4.35. The molecule has 0 spiro atoms. The van der Waals surface area contributed by atoms with Crippen molar-refractivity contribution in [3.05, 3.63) is 110 Å². The Hall–Kier alpha value is -2.43. The first-order chi connectivity index (χ1) is 14.4. The molecule has 0 radical (unpaired) electrons. The third-order valence-corrected chi connectivity index (χ3v) is 6.70. The number of amides is 1. The second kappa shape index (κ2) is 8.75. The van der Waals surface area contributed by atoms with Gasteiger partial charge in [0.2, 0.25) is 0 Å². The molecule has 0 atom stereocenters. The molecule has 4 aromatic rings. The summed E-state index contributed by atoms with van der Waals surface area (Å²) in [6.07, 6.45) is 0.813. The third-order valence-electron chi connectivity index (χ3n) is 5.32. The van der Waals surface area contributed by atoms with Gasteiger partial charge in [-0.3, -0.25) is 4.79 Å². The summed E-state index contributed by atoms with van der Waals surface area (Å²) in [6, 6.07) is 24.5. The Morgan fingerprint density at radius 2 is 1.37 bits per heavy atom. The summed E-state index contributed by atoms with van der Waals surface area (Å²) in [5.41, 5.74) is 6.08. The standard InChI is InChI=1S/C26H21Br2NO/c1-16-4-3-5-17(2)25(16)29-26(30)20-9-6-18(7-10-20)14-19-8-11-21-22(15-19)24(28)13-12-23(21)27/h3-13,15H,14H2,1-2H3,(H,29,30). The molecule has 1 N–H and O–H groups in total. The summed E-state index contributed by atoms with van der Waals surface area (Å²) in [5, 5.41) is 5.42. The summed E-state index contributed by atoms with van der Waals surface area (Å²) in [5.74, 6) is -0.0848. The van der Waals surface area contributed by atoms with Gasteiger partial charge in [-0.15, -0.1) is 0 Å². The number of anilines is 1. The molecule has 4 rings (SSSR count). The van der Waals surface area contributed by atoms with E-state index in [0.29, 0.717) is 5.56 Å². The van der Waals surface area contributed by atoms with Gasteiger partial charge in [0, 0.05) is 20.2 Å². The van der Waals surface area contributed by atoms with Crippen LogP contribution in [0.2, 0.25) is 0 Å². The van der Waals surface area contributed by atoms with Gasteiger partial charge >= 0.3 is 0 Å². The van der Waals surface area contributed by atoms with Gasteiger partial charge in [0.25, 0.3) is 5.91 Å². The average molecular weight is 523 g/mol. The van der Waals surface area contributed by atoms with Crippen LogP contribution in [0.15, 0.2) is 81.7 Å². The van der Waals surface area contributed by atoms with E-state index in [0.717, 1.165) is 32.2 Å². The fraction of sp³-hybridized carbons (Fsp3) is 0.115. The number of para-hydroxylation sites is 1. The maximum atomic E-state index is 12.7. The molecule has 0 saturated carbocycles. The Kier molecular flexibility index (Phi) is 6.07. The fourth-order valence-corrected chi connectivity index (χ4v) is 4.58. The Morgan fingerprint density at radius 3 is 2.03 bits per heavy atom. The number of hydrogen-bond donors (Lipinski definition) is 1. The molecule has 0 aliphatic heterocycles. The first-order valence-corrected chi connectivity index (χ1v) is 11.3. The Bertz CT molecular complexity index is 1230. The molecule has 4 heteroatoms. The minimum Gasteiger partial charge on any atom is -0.322 e. The zero-order valence-electron chi connectivity index (χ0n) is 16.8. The number of fused-ring (bicyclic) bond motifs is 1. The van der Waals surface area contributed by atoms with Crippen molar-refractivity contribution in [3.63, 3.8) is 0 Å². The predicted octanol–water partition coefficient (Wildman–Crippen LogP) is 7.82. The minimum atomic E-state index is -0.0848. The van der Waals surface area contributed by atoms with Crippen LogP contribution >= 0.6 is 31.9 Å². The topological polar surface area (TPSA) is 29.1 Å². The van der Waals surface area contributed by atoms with Gasteiger partial charge in [-0.2, -0.15) is 0 Å². The number of carbonyl (C=O) groups excluding carboxylic acids is 1. The second-order valence-corrected chi connectivity index (χ2v) is 9.21. The van der Waals surface area contributed by atoms with Crippen molar-refractivity contribution in [2.75, 3.05) is 5.32 Å². The quantitative estimate of drug-likeness (QED) is 0.290. The van der Waals surface area contributed by atoms with Crippen LogP contribution in [0.4, 0.5) is 5.69 Å². The van der Waals surface area contributed by atoms with E-state index >= 15 is 0 Å². The average Bonchev–Trinajstić information content (AvgIpc) is 2.74. The van der Waals surface area contributed by atoms with Gasteiger partial charge in [-0.05, 0) is 83.6 Å². The normalized spacial score (nSPS) is 10.9. The van der Waals surface area contributed by atoms with Crippen molar-refractivity contribution < 1.29 is 4.79 Å². The zero-order valence-corrected chi connectivity index (χ0v) is 20.0. The minimum absolute atomic E-state index is 0.0848. The van der Waals surface area contributed by atoms with E-state index in [2.05, 4.69) is 61.4 Å². The van der Waals surface area contributed by atoms with Gasteiger partial charge in [0.1, 0.15) is 0 Å². The lowest BCUT2D eigenvalue weighted by Crippen LogP contribution is -2.13. The van der Waals surface area contributed by atoms with Gasteiger partial charge < -0.3 is 5.32 Å². The SMILES string of the molecule is Cc1cccc(C)c1NC(=O)c1ccc(Cc2ccc3c(Br)ccc(Br)c3c2)cc1. The van der Waals surface area contributed by atoms with Gasteiger partial charge in [-0.1, -0.05) is 74.3 Å². The molecule has 0 fully saturated rings. The molecule has 0 aromatic heterocycles. The second-order valence-electron chi connectivity index (χ2n) is 7.50. The molecular formula is C26H21Br2NO. The molecule has 0 aliphatic carbocycles. The van der Waals surface area contributed by atoms with Crippen LogP contribution in [0.3, 0.4) is 0 Å². The lowest BCUT2D eigenvalue weighted by atomic mass is 10.00.